The minimum Gasteiger partial charge on any atom is -0.497 e. The minimum atomic E-state index is -0.703. The predicted molar refractivity (Wildman–Crippen MR) is 131 cm³/mol. The number of carbonyl (C=O) groups excluding carboxylic acids is 1. The Bertz CT molecular complexity index is 1540. The summed E-state index contributed by atoms with van der Waals surface area (Å²) in [5.41, 5.74) is 1.87. The molecule has 0 radical (unpaired) electrons. The van der Waals surface area contributed by atoms with Crippen LogP contribution >= 0.6 is 22.9 Å². The maximum atomic E-state index is 13.7. The smallest absolute Gasteiger partial charge is 0.338 e. The van der Waals surface area contributed by atoms with Crippen molar-refractivity contribution in [3.05, 3.63) is 83.5 Å². The maximum absolute atomic E-state index is 13.7. The van der Waals surface area contributed by atoms with Gasteiger partial charge in [-0.15, -0.1) is 0 Å². The molecule has 1 atom stereocenters. The van der Waals surface area contributed by atoms with Gasteiger partial charge in [0.15, 0.2) is 16.3 Å². The molecule has 2 aromatic carbocycles. The maximum Gasteiger partial charge on any atom is 0.338 e. The molecule has 2 aliphatic rings. The monoisotopic (exact) mass is 512 g/mol. The van der Waals surface area contributed by atoms with Crippen LogP contribution in [0.4, 0.5) is 0 Å². The molecule has 0 amide bonds. The van der Waals surface area contributed by atoms with Crippen molar-refractivity contribution in [1.82, 2.24) is 4.57 Å². The number of esters is 1. The van der Waals surface area contributed by atoms with Crippen LogP contribution in [-0.4, -0.2) is 31.0 Å². The molecule has 0 N–H and O–H groups in total. The average Bonchev–Trinajstić information content (AvgIpc) is 3.42. The van der Waals surface area contributed by atoms with Gasteiger partial charge in [-0.25, -0.2) is 9.79 Å². The number of nitrogens with zero attached hydrogens (tertiary/aromatic N) is 2. The fourth-order valence-electron chi connectivity index (χ4n) is 4.08. The summed E-state index contributed by atoms with van der Waals surface area (Å²) >= 11 is 7.66. The van der Waals surface area contributed by atoms with Crippen LogP contribution in [-0.2, 0) is 9.53 Å². The minimum absolute atomic E-state index is 0.120. The van der Waals surface area contributed by atoms with E-state index in [0.29, 0.717) is 48.4 Å². The lowest BCUT2D eigenvalue weighted by Gasteiger charge is -2.24. The molecular weight excluding hydrogens is 492 g/mol. The number of ether oxygens (including phenoxy) is 4. The van der Waals surface area contributed by atoms with Crippen LogP contribution in [0.2, 0.25) is 5.02 Å². The summed E-state index contributed by atoms with van der Waals surface area (Å²) in [5, 5.41) is 0.426. The summed E-state index contributed by atoms with van der Waals surface area (Å²) < 4.78 is 23.3. The molecule has 35 heavy (non-hydrogen) atoms. The molecule has 3 heterocycles. The van der Waals surface area contributed by atoms with Crippen molar-refractivity contribution >= 4 is 35.0 Å². The molecule has 8 nitrogen and oxygen atoms in total. The van der Waals surface area contributed by atoms with Gasteiger partial charge in [0.25, 0.3) is 5.56 Å². The van der Waals surface area contributed by atoms with Gasteiger partial charge in [0, 0.05) is 6.07 Å². The van der Waals surface area contributed by atoms with Gasteiger partial charge in [-0.3, -0.25) is 9.36 Å². The fraction of sp³-hybridized carbons (Fsp3) is 0.240. The zero-order valence-corrected chi connectivity index (χ0v) is 20.7. The Morgan fingerprint density at radius 1 is 1.26 bits per heavy atom. The zero-order valence-electron chi connectivity index (χ0n) is 19.2. The molecule has 0 unspecified atom stereocenters. The Labute approximate surface area is 209 Å². The van der Waals surface area contributed by atoms with Gasteiger partial charge < -0.3 is 18.9 Å². The first-order chi connectivity index (χ1) is 16.9. The molecule has 0 aliphatic carbocycles. The summed E-state index contributed by atoms with van der Waals surface area (Å²) in [7, 11) is 1.58. The molecule has 180 valence electrons. The fourth-order valence-corrected chi connectivity index (χ4v) is 5.32. The molecule has 0 saturated heterocycles. The zero-order chi connectivity index (χ0) is 24.7. The highest BCUT2D eigenvalue weighted by Crippen LogP contribution is 2.37. The van der Waals surface area contributed by atoms with Crippen molar-refractivity contribution in [2.75, 3.05) is 20.5 Å². The lowest BCUT2D eigenvalue weighted by atomic mass is 9.96. The first-order valence-corrected chi connectivity index (χ1v) is 12.0. The van der Waals surface area contributed by atoms with Crippen LogP contribution in [0.5, 0.6) is 17.2 Å². The number of hydrogen-bond donors (Lipinski definition) is 0. The normalized spacial score (nSPS) is 16.7. The number of thiazole rings is 1. The number of hydrogen-bond acceptors (Lipinski definition) is 8. The van der Waals surface area contributed by atoms with Crippen molar-refractivity contribution in [3.8, 4) is 17.2 Å². The van der Waals surface area contributed by atoms with E-state index >= 15 is 0 Å². The summed E-state index contributed by atoms with van der Waals surface area (Å²) in [6.07, 6.45) is 1.70. The van der Waals surface area contributed by atoms with E-state index in [1.807, 2.05) is 12.1 Å². The topological polar surface area (TPSA) is 88.4 Å². The van der Waals surface area contributed by atoms with Crippen LogP contribution in [0.1, 0.15) is 31.0 Å². The molecule has 0 bridgehead atoms. The van der Waals surface area contributed by atoms with Gasteiger partial charge in [0.2, 0.25) is 6.79 Å². The Hall–Kier alpha value is -3.56. The highest BCUT2D eigenvalue weighted by atomic mass is 35.5. The van der Waals surface area contributed by atoms with E-state index in [-0.39, 0.29) is 19.0 Å². The van der Waals surface area contributed by atoms with Gasteiger partial charge in [-0.1, -0.05) is 35.1 Å². The highest BCUT2D eigenvalue weighted by Gasteiger charge is 2.33. The number of carbonyl (C=O) groups is 1. The Morgan fingerprint density at radius 3 is 2.66 bits per heavy atom. The van der Waals surface area contributed by atoms with Crippen molar-refractivity contribution in [1.29, 1.82) is 0 Å². The van der Waals surface area contributed by atoms with Crippen molar-refractivity contribution < 1.29 is 23.7 Å². The quantitative estimate of drug-likeness (QED) is 0.488. The van der Waals surface area contributed by atoms with Crippen molar-refractivity contribution in [2.45, 2.75) is 19.9 Å². The molecule has 2 aliphatic heterocycles. The Balaban J connectivity index is 1.70. The third-order valence-electron chi connectivity index (χ3n) is 5.73. The highest BCUT2D eigenvalue weighted by molar-refractivity contribution is 7.07. The van der Waals surface area contributed by atoms with E-state index < -0.39 is 12.0 Å². The lowest BCUT2D eigenvalue weighted by Crippen LogP contribution is -2.39. The second-order valence-corrected chi connectivity index (χ2v) is 9.22. The van der Waals surface area contributed by atoms with Crippen LogP contribution in [0, 0.1) is 0 Å². The number of allylic oxidation sites excluding steroid dienone is 1. The number of fused-ring (bicyclic) bond motifs is 2. The van der Waals surface area contributed by atoms with Crippen LogP contribution < -0.4 is 29.1 Å². The van der Waals surface area contributed by atoms with Gasteiger partial charge in [0.1, 0.15) is 5.75 Å². The van der Waals surface area contributed by atoms with Crippen molar-refractivity contribution in [2.24, 2.45) is 4.99 Å². The molecule has 1 aromatic heterocycles. The van der Waals surface area contributed by atoms with Gasteiger partial charge in [0.05, 0.1) is 40.6 Å². The molecule has 0 spiro atoms. The largest absolute Gasteiger partial charge is 0.497 e. The van der Waals surface area contributed by atoms with E-state index in [2.05, 4.69) is 4.99 Å². The summed E-state index contributed by atoms with van der Waals surface area (Å²) in [6.45, 7) is 3.81. The molecule has 5 rings (SSSR count). The average molecular weight is 513 g/mol. The van der Waals surface area contributed by atoms with E-state index in [4.69, 9.17) is 30.5 Å². The van der Waals surface area contributed by atoms with E-state index in [1.54, 1.807) is 51.3 Å². The number of rotatable bonds is 5. The lowest BCUT2D eigenvalue weighted by molar-refractivity contribution is -0.139. The van der Waals surface area contributed by atoms with Gasteiger partial charge >= 0.3 is 5.97 Å². The van der Waals surface area contributed by atoms with Crippen molar-refractivity contribution in [3.63, 3.8) is 0 Å². The van der Waals surface area contributed by atoms with Crippen LogP contribution in [0.3, 0.4) is 0 Å². The third-order valence-corrected chi connectivity index (χ3v) is 7.04. The number of benzene rings is 2. The number of halogens is 1. The molecule has 10 heteroatoms. The van der Waals surface area contributed by atoms with Crippen LogP contribution in [0.25, 0.3) is 6.08 Å². The molecule has 0 fully saturated rings. The third kappa shape index (κ3) is 4.11. The van der Waals surface area contributed by atoms with Crippen LogP contribution in [0.15, 0.2) is 57.5 Å². The summed E-state index contributed by atoms with van der Waals surface area (Å²) in [4.78, 5) is 31.7. The van der Waals surface area contributed by atoms with Gasteiger partial charge in [-0.05, 0) is 49.2 Å². The number of aromatic nitrogens is 1. The molecular formula is C25H21ClN2O6S. The van der Waals surface area contributed by atoms with E-state index in [0.717, 1.165) is 5.56 Å². The first-order valence-electron chi connectivity index (χ1n) is 10.8. The summed E-state index contributed by atoms with van der Waals surface area (Å²) in [5.74, 6) is 1.27. The van der Waals surface area contributed by atoms with E-state index in [1.165, 1.54) is 15.9 Å². The molecule has 3 aromatic rings. The Kier molecular flexibility index (Phi) is 6.12. The second kappa shape index (κ2) is 9.24. The second-order valence-electron chi connectivity index (χ2n) is 7.80. The SMILES string of the molecule is CCOC(=O)C1=C(C)N=c2s/c(=C/c3cc4c(cc3Cl)OCO4)c(=O)n2[C@H]1c1ccc(OC)cc1. The standard InChI is InChI=1S/C25H21ClN2O6S/c1-4-32-24(30)21-13(2)27-25-28(22(21)14-5-7-16(31-3)8-6-14)23(29)20(35-25)10-15-9-18-19(11-17(15)26)34-12-33-18/h5-11,22H,4,12H2,1-3H3/b20-10+/t22-/m0/s1. The van der Waals surface area contributed by atoms with E-state index in [9.17, 15) is 9.59 Å². The molecule has 0 saturated carbocycles. The summed E-state index contributed by atoms with van der Waals surface area (Å²) in [6, 6.07) is 9.92. The predicted octanol–water partition coefficient (Wildman–Crippen LogP) is 3.19. The van der Waals surface area contributed by atoms with Gasteiger partial charge in [-0.2, -0.15) is 0 Å². The first kappa shape index (κ1) is 23.2. The Morgan fingerprint density at radius 2 is 1.97 bits per heavy atom. The number of methoxy groups -OCH3 is 1.